The Balaban J connectivity index is 1.58. The first-order valence-electron chi connectivity index (χ1n) is 10.4. The van der Waals surface area contributed by atoms with Crippen molar-refractivity contribution in [3.8, 4) is 11.1 Å². The van der Waals surface area contributed by atoms with Crippen molar-refractivity contribution < 1.29 is 14.0 Å². The monoisotopic (exact) mass is 407 g/mol. The van der Waals surface area contributed by atoms with E-state index in [9.17, 15) is 14.0 Å². The lowest BCUT2D eigenvalue weighted by molar-refractivity contribution is -0.107. The van der Waals surface area contributed by atoms with Crippen LogP contribution in [0.2, 0.25) is 0 Å². The van der Waals surface area contributed by atoms with Gasteiger partial charge >= 0.3 is 0 Å². The number of carbonyl (C=O) groups excluding carboxylic acids is 2. The van der Waals surface area contributed by atoms with Crippen LogP contribution in [0.15, 0.2) is 48.7 Å². The molecule has 1 aliphatic rings. The molecule has 0 aliphatic heterocycles. The summed E-state index contributed by atoms with van der Waals surface area (Å²) in [7, 11) is 1.76. The molecular formula is C24H26FN3O2. The third-order valence-corrected chi connectivity index (χ3v) is 6.17. The number of nitrogens with one attached hydrogen (secondary N) is 2. The summed E-state index contributed by atoms with van der Waals surface area (Å²) in [5, 5.41) is 4.40. The van der Waals surface area contributed by atoms with Crippen molar-refractivity contribution in [3.63, 3.8) is 0 Å². The van der Waals surface area contributed by atoms with E-state index in [-0.39, 0.29) is 5.91 Å². The van der Waals surface area contributed by atoms with Crippen molar-refractivity contribution >= 4 is 23.1 Å². The molecule has 6 heteroatoms. The van der Waals surface area contributed by atoms with Crippen molar-refractivity contribution in [1.29, 1.82) is 0 Å². The van der Waals surface area contributed by atoms with Gasteiger partial charge in [-0.15, -0.1) is 0 Å². The normalized spacial score (nSPS) is 15.4. The minimum atomic E-state index is -0.478. The number of hydrogen-bond donors (Lipinski definition) is 2. The molecule has 30 heavy (non-hydrogen) atoms. The van der Waals surface area contributed by atoms with Crippen LogP contribution >= 0.6 is 0 Å². The number of nitrogens with zero attached hydrogens (tertiary/aromatic N) is 1. The Morgan fingerprint density at radius 1 is 1.20 bits per heavy atom. The molecule has 3 aromatic rings. The summed E-state index contributed by atoms with van der Waals surface area (Å²) < 4.78 is 15.0. The Hall–Kier alpha value is -2.99. The Labute approximate surface area is 175 Å². The van der Waals surface area contributed by atoms with Gasteiger partial charge in [0.2, 0.25) is 0 Å². The summed E-state index contributed by atoms with van der Waals surface area (Å²) in [5.74, 6) is -0.638. The lowest BCUT2D eigenvalue weighted by Gasteiger charge is -2.40. The van der Waals surface area contributed by atoms with Crippen LogP contribution in [0.25, 0.3) is 22.0 Å². The number of halogens is 1. The van der Waals surface area contributed by atoms with Gasteiger partial charge in [-0.2, -0.15) is 0 Å². The fraction of sp³-hybridized carbons (Fsp3) is 0.333. The summed E-state index contributed by atoms with van der Waals surface area (Å²) in [6.07, 6.45) is 6.80. The molecule has 2 N–H and O–H groups in total. The first-order chi connectivity index (χ1) is 14.5. The molecule has 1 aliphatic carbocycles. The minimum absolute atomic E-state index is 0.220. The topological polar surface area (TPSA) is 65.2 Å². The number of amides is 1. The standard InChI is InChI=1S/C24H26FN3O2/c1-28(24(10-2-3-11-24)27-12-4-14-29)23(30)19-5-7-20(21(25)16-19)17-6-8-22-18(15-17)9-13-26-22/h5-9,13-16,26-27H,2-4,10-12H2,1H3. The maximum atomic E-state index is 15.0. The second kappa shape index (κ2) is 8.40. The van der Waals surface area contributed by atoms with E-state index in [1.807, 2.05) is 30.5 Å². The van der Waals surface area contributed by atoms with Crippen molar-refractivity contribution in [3.05, 3.63) is 60.0 Å². The van der Waals surface area contributed by atoms with E-state index in [4.69, 9.17) is 0 Å². The zero-order valence-electron chi connectivity index (χ0n) is 17.1. The highest BCUT2D eigenvalue weighted by molar-refractivity contribution is 5.95. The summed E-state index contributed by atoms with van der Waals surface area (Å²) in [6, 6.07) is 12.4. The molecule has 5 nitrogen and oxygen atoms in total. The summed E-state index contributed by atoms with van der Waals surface area (Å²) in [4.78, 5) is 28.7. The zero-order chi connectivity index (χ0) is 21.1. The van der Waals surface area contributed by atoms with Crippen molar-refractivity contribution in [2.24, 2.45) is 0 Å². The highest BCUT2D eigenvalue weighted by Gasteiger charge is 2.39. The van der Waals surface area contributed by atoms with Gasteiger partial charge in [0.05, 0.1) is 5.66 Å². The largest absolute Gasteiger partial charge is 0.361 e. The van der Waals surface area contributed by atoms with Gasteiger partial charge < -0.3 is 14.7 Å². The Bertz CT molecular complexity index is 1070. The smallest absolute Gasteiger partial charge is 0.255 e. The summed E-state index contributed by atoms with van der Waals surface area (Å²) >= 11 is 0. The molecule has 0 bridgehead atoms. The molecular weight excluding hydrogens is 381 g/mol. The van der Waals surface area contributed by atoms with E-state index in [1.165, 1.54) is 6.07 Å². The molecule has 0 unspecified atom stereocenters. The molecule has 4 rings (SSSR count). The Morgan fingerprint density at radius 3 is 2.73 bits per heavy atom. The second-order valence-corrected chi connectivity index (χ2v) is 7.96. The number of H-pyrrole nitrogens is 1. The van der Waals surface area contributed by atoms with Crippen LogP contribution < -0.4 is 5.32 Å². The molecule has 0 radical (unpaired) electrons. The number of benzene rings is 2. The van der Waals surface area contributed by atoms with E-state index in [1.54, 1.807) is 24.1 Å². The van der Waals surface area contributed by atoms with Gasteiger partial charge in [-0.25, -0.2) is 4.39 Å². The number of aldehydes is 1. The fourth-order valence-corrected chi connectivity index (χ4v) is 4.45. The Morgan fingerprint density at radius 2 is 2.00 bits per heavy atom. The predicted molar refractivity (Wildman–Crippen MR) is 116 cm³/mol. The molecule has 1 saturated carbocycles. The van der Waals surface area contributed by atoms with Crippen LogP contribution in [0, 0.1) is 5.82 Å². The van der Waals surface area contributed by atoms with E-state index in [0.29, 0.717) is 24.1 Å². The first kappa shape index (κ1) is 20.3. The summed E-state index contributed by atoms with van der Waals surface area (Å²) in [6.45, 7) is 0.524. The van der Waals surface area contributed by atoms with Crippen molar-refractivity contribution in [2.45, 2.75) is 37.8 Å². The summed E-state index contributed by atoms with van der Waals surface area (Å²) in [5.41, 5.74) is 2.09. The van der Waals surface area contributed by atoms with Crippen LogP contribution in [-0.4, -0.2) is 41.3 Å². The minimum Gasteiger partial charge on any atom is -0.361 e. The second-order valence-electron chi connectivity index (χ2n) is 7.96. The average molecular weight is 407 g/mol. The molecule has 156 valence electrons. The van der Waals surface area contributed by atoms with Gasteiger partial charge in [0.1, 0.15) is 12.1 Å². The van der Waals surface area contributed by atoms with Crippen molar-refractivity contribution in [2.75, 3.05) is 13.6 Å². The van der Waals surface area contributed by atoms with Crippen LogP contribution in [0.1, 0.15) is 42.5 Å². The van der Waals surface area contributed by atoms with Gasteiger partial charge in [0, 0.05) is 42.9 Å². The number of carbonyl (C=O) groups is 2. The quantitative estimate of drug-likeness (QED) is 0.344. The number of rotatable bonds is 7. The van der Waals surface area contributed by atoms with Gasteiger partial charge in [0.25, 0.3) is 5.91 Å². The van der Waals surface area contributed by atoms with Gasteiger partial charge in [-0.3, -0.25) is 10.1 Å². The van der Waals surface area contributed by atoms with Crippen LogP contribution in [0.4, 0.5) is 4.39 Å². The van der Waals surface area contributed by atoms with Gasteiger partial charge in [0.15, 0.2) is 0 Å². The van der Waals surface area contributed by atoms with Crippen LogP contribution in [0.3, 0.4) is 0 Å². The van der Waals surface area contributed by atoms with E-state index < -0.39 is 11.5 Å². The average Bonchev–Trinajstić information content (AvgIpc) is 3.42. The zero-order valence-corrected chi connectivity index (χ0v) is 17.1. The lowest BCUT2D eigenvalue weighted by atomic mass is 10.00. The van der Waals surface area contributed by atoms with E-state index >= 15 is 0 Å². The highest BCUT2D eigenvalue weighted by atomic mass is 19.1. The molecule has 1 heterocycles. The number of hydrogen-bond acceptors (Lipinski definition) is 3. The molecule has 1 aromatic heterocycles. The third-order valence-electron chi connectivity index (χ3n) is 6.17. The van der Waals surface area contributed by atoms with Crippen LogP contribution in [-0.2, 0) is 4.79 Å². The Kier molecular flexibility index (Phi) is 5.68. The molecule has 0 spiro atoms. The lowest BCUT2D eigenvalue weighted by Crippen LogP contribution is -2.57. The van der Waals surface area contributed by atoms with Gasteiger partial charge in [-0.05, 0) is 67.0 Å². The fourth-order valence-electron chi connectivity index (χ4n) is 4.45. The molecule has 1 amide bonds. The third kappa shape index (κ3) is 3.75. The predicted octanol–water partition coefficient (Wildman–Crippen LogP) is 4.49. The maximum Gasteiger partial charge on any atom is 0.255 e. The van der Waals surface area contributed by atoms with Crippen molar-refractivity contribution in [1.82, 2.24) is 15.2 Å². The number of aromatic amines is 1. The highest BCUT2D eigenvalue weighted by Crippen LogP contribution is 2.34. The number of aromatic nitrogens is 1. The molecule has 1 fully saturated rings. The molecule has 0 atom stereocenters. The molecule has 2 aromatic carbocycles. The first-order valence-corrected chi connectivity index (χ1v) is 10.4. The molecule has 0 saturated heterocycles. The van der Waals surface area contributed by atoms with Crippen LogP contribution in [0.5, 0.6) is 0 Å². The van der Waals surface area contributed by atoms with E-state index in [0.717, 1.165) is 48.4 Å². The SMILES string of the molecule is CN(C(=O)c1ccc(-c2ccc3[nH]ccc3c2)c(F)c1)C1(NCCC=O)CCCC1. The van der Waals surface area contributed by atoms with E-state index in [2.05, 4.69) is 10.3 Å². The number of fused-ring (bicyclic) bond motifs is 1. The maximum absolute atomic E-state index is 15.0. The van der Waals surface area contributed by atoms with Gasteiger partial charge in [-0.1, -0.05) is 12.1 Å².